The van der Waals surface area contributed by atoms with E-state index >= 15 is 0 Å². The number of hydrogen-bond acceptors (Lipinski definition) is 3. The predicted octanol–water partition coefficient (Wildman–Crippen LogP) is 1.39. The van der Waals surface area contributed by atoms with Crippen molar-refractivity contribution in [2.24, 2.45) is 5.73 Å². The van der Waals surface area contributed by atoms with Gasteiger partial charge in [-0.3, -0.25) is 4.79 Å². The molecule has 0 aromatic heterocycles. The number of nitrogens with two attached hydrogens (primary N) is 2. The predicted molar refractivity (Wildman–Crippen MR) is 66.5 cm³/mol. The first-order chi connectivity index (χ1) is 7.35. The number of nitrogen functional groups attached to an aromatic ring is 1. The van der Waals surface area contributed by atoms with Crippen LogP contribution < -0.4 is 16.8 Å². The molecule has 0 radical (unpaired) electrons. The molecule has 5 N–H and O–H groups in total. The van der Waals surface area contributed by atoms with E-state index in [1.165, 1.54) is 0 Å². The van der Waals surface area contributed by atoms with Gasteiger partial charge in [0.2, 0.25) is 0 Å². The number of nitrogens with one attached hydrogen (secondary N) is 1. The van der Waals surface area contributed by atoms with Gasteiger partial charge in [-0.1, -0.05) is 11.6 Å². The molecular formula is C11H16ClN3O. The van der Waals surface area contributed by atoms with Crippen LogP contribution in [0.15, 0.2) is 18.2 Å². The minimum absolute atomic E-state index is 0.211. The zero-order chi connectivity index (χ0) is 12.3. The number of hydrogen-bond donors (Lipinski definition) is 3. The maximum absolute atomic E-state index is 11.8. The van der Waals surface area contributed by atoms with Crippen LogP contribution in [0, 0.1) is 0 Å². The SMILES string of the molecule is CC(C)(CN)NC(=O)c1ccc(N)c(Cl)c1. The summed E-state index contributed by atoms with van der Waals surface area (Å²) in [4.78, 5) is 11.8. The summed E-state index contributed by atoms with van der Waals surface area (Å²) in [7, 11) is 0. The van der Waals surface area contributed by atoms with Gasteiger partial charge < -0.3 is 16.8 Å². The zero-order valence-corrected chi connectivity index (χ0v) is 10.1. The Morgan fingerprint density at radius 1 is 1.50 bits per heavy atom. The summed E-state index contributed by atoms with van der Waals surface area (Å²) in [5.74, 6) is -0.211. The third kappa shape index (κ3) is 3.12. The summed E-state index contributed by atoms with van der Waals surface area (Å²) in [6, 6.07) is 4.77. The van der Waals surface area contributed by atoms with Gasteiger partial charge >= 0.3 is 0 Å². The van der Waals surface area contributed by atoms with Crippen LogP contribution in [0.1, 0.15) is 24.2 Å². The second kappa shape index (κ2) is 4.72. The van der Waals surface area contributed by atoms with Crippen LogP contribution in [0.3, 0.4) is 0 Å². The summed E-state index contributed by atoms with van der Waals surface area (Å²) in [5, 5.41) is 3.18. The Labute approximate surface area is 100.0 Å². The molecule has 0 fully saturated rings. The molecule has 0 saturated carbocycles. The monoisotopic (exact) mass is 241 g/mol. The molecular weight excluding hydrogens is 226 g/mol. The largest absolute Gasteiger partial charge is 0.398 e. The molecule has 0 bridgehead atoms. The fourth-order valence-electron chi connectivity index (χ4n) is 1.10. The van der Waals surface area contributed by atoms with E-state index in [1.807, 2.05) is 13.8 Å². The first-order valence-corrected chi connectivity index (χ1v) is 5.31. The van der Waals surface area contributed by atoms with Gasteiger partial charge in [-0.05, 0) is 32.0 Å². The molecule has 0 aliphatic rings. The van der Waals surface area contributed by atoms with Gasteiger partial charge in [-0.25, -0.2) is 0 Å². The first kappa shape index (κ1) is 12.8. The minimum Gasteiger partial charge on any atom is -0.398 e. The van der Waals surface area contributed by atoms with E-state index in [0.29, 0.717) is 22.8 Å². The van der Waals surface area contributed by atoms with Crippen molar-refractivity contribution in [2.75, 3.05) is 12.3 Å². The number of halogens is 1. The number of benzene rings is 1. The summed E-state index contributed by atoms with van der Waals surface area (Å²) in [5.41, 5.74) is 11.6. The molecule has 1 amide bonds. The topological polar surface area (TPSA) is 81.1 Å². The Morgan fingerprint density at radius 2 is 2.12 bits per heavy atom. The van der Waals surface area contributed by atoms with Gasteiger partial charge in [-0.15, -0.1) is 0 Å². The van der Waals surface area contributed by atoms with E-state index in [4.69, 9.17) is 23.1 Å². The number of amides is 1. The van der Waals surface area contributed by atoms with Crippen molar-refractivity contribution < 1.29 is 4.79 Å². The van der Waals surface area contributed by atoms with E-state index in [1.54, 1.807) is 18.2 Å². The molecule has 0 aliphatic heterocycles. The molecule has 0 spiro atoms. The molecule has 1 aromatic rings. The van der Waals surface area contributed by atoms with Crippen LogP contribution in [-0.4, -0.2) is 18.0 Å². The molecule has 0 saturated heterocycles. The Kier molecular flexibility index (Phi) is 3.78. The number of carbonyl (C=O) groups is 1. The maximum atomic E-state index is 11.8. The first-order valence-electron chi connectivity index (χ1n) is 4.93. The van der Waals surface area contributed by atoms with Crippen molar-refractivity contribution in [3.63, 3.8) is 0 Å². The van der Waals surface area contributed by atoms with Gasteiger partial charge in [0.15, 0.2) is 0 Å². The lowest BCUT2D eigenvalue weighted by molar-refractivity contribution is 0.0916. The summed E-state index contributed by atoms with van der Waals surface area (Å²) in [6.07, 6.45) is 0. The van der Waals surface area contributed by atoms with Crippen LogP contribution in [-0.2, 0) is 0 Å². The molecule has 0 atom stereocenters. The van der Waals surface area contributed by atoms with Crippen LogP contribution in [0.5, 0.6) is 0 Å². The number of carbonyl (C=O) groups excluding carboxylic acids is 1. The van der Waals surface area contributed by atoms with Crippen molar-refractivity contribution >= 4 is 23.2 Å². The van der Waals surface area contributed by atoms with Crippen molar-refractivity contribution in [1.29, 1.82) is 0 Å². The third-order valence-electron chi connectivity index (χ3n) is 2.22. The average molecular weight is 242 g/mol. The quantitative estimate of drug-likeness (QED) is 0.700. The summed E-state index contributed by atoms with van der Waals surface area (Å²) >= 11 is 5.83. The number of anilines is 1. The highest BCUT2D eigenvalue weighted by Gasteiger charge is 2.19. The summed E-state index contributed by atoms with van der Waals surface area (Å²) in [6.45, 7) is 4.06. The van der Waals surface area contributed by atoms with Crippen molar-refractivity contribution in [3.05, 3.63) is 28.8 Å². The maximum Gasteiger partial charge on any atom is 0.251 e. The van der Waals surface area contributed by atoms with Gasteiger partial charge in [0.25, 0.3) is 5.91 Å². The Balaban J connectivity index is 2.85. The highest BCUT2D eigenvalue weighted by molar-refractivity contribution is 6.33. The highest BCUT2D eigenvalue weighted by Crippen LogP contribution is 2.19. The minimum atomic E-state index is -0.440. The van der Waals surface area contributed by atoms with Crippen LogP contribution in [0.2, 0.25) is 5.02 Å². The van der Waals surface area contributed by atoms with E-state index in [-0.39, 0.29) is 5.91 Å². The average Bonchev–Trinajstić information content (AvgIpc) is 2.21. The lowest BCUT2D eigenvalue weighted by atomic mass is 10.1. The van der Waals surface area contributed by atoms with Crippen molar-refractivity contribution in [1.82, 2.24) is 5.32 Å². The van der Waals surface area contributed by atoms with Crippen molar-refractivity contribution in [2.45, 2.75) is 19.4 Å². The van der Waals surface area contributed by atoms with E-state index in [9.17, 15) is 4.79 Å². The smallest absolute Gasteiger partial charge is 0.251 e. The fourth-order valence-corrected chi connectivity index (χ4v) is 1.28. The molecule has 0 unspecified atom stereocenters. The molecule has 4 nitrogen and oxygen atoms in total. The summed E-state index contributed by atoms with van der Waals surface area (Å²) < 4.78 is 0. The second-order valence-electron chi connectivity index (χ2n) is 4.28. The van der Waals surface area contributed by atoms with Gasteiger partial charge in [0, 0.05) is 17.6 Å². The van der Waals surface area contributed by atoms with E-state index < -0.39 is 5.54 Å². The lowest BCUT2D eigenvalue weighted by Crippen LogP contribution is -2.48. The zero-order valence-electron chi connectivity index (χ0n) is 9.38. The Morgan fingerprint density at radius 3 is 2.62 bits per heavy atom. The normalized spacial score (nSPS) is 11.2. The highest BCUT2D eigenvalue weighted by atomic mass is 35.5. The Bertz CT molecular complexity index is 404. The van der Waals surface area contributed by atoms with Gasteiger partial charge in [0.05, 0.1) is 10.7 Å². The molecule has 1 rings (SSSR count). The van der Waals surface area contributed by atoms with Crippen LogP contribution >= 0.6 is 11.6 Å². The molecule has 88 valence electrons. The van der Waals surface area contributed by atoms with Crippen LogP contribution in [0.25, 0.3) is 0 Å². The van der Waals surface area contributed by atoms with Crippen molar-refractivity contribution in [3.8, 4) is 0 Å². The van der Waals surface area contributed by atoms with Gasteiger partial charge in [-0.2, -0.15) is 0 Å². The molecule has 5 heteroatoms. The lowest BCUT2D eigenvalue weighted by Gasteiger charge is -2.24. The third-order valence-corrected chi connectivity index (χ3v) is 2.55. The second-order valence-corrected chi connectivity index (χ2v) is 4.69. The molecule has 16 heavy (non-hydrogen) atoms. The molecule has 1 aromatic carbocycles. The number of rotatable bonds is 3. The fraction of sp³-hybridized carbons (Fsp3) is 0.364. The van der Waals surface area contributed by atoms with Gasteiger partial charge in [0.1, 0.15) is 0 Å². The molecule has 0 aliphatic carbocycles. The van der Waals surface area contributed by atoms with E-state index in [0.717, 1.165) is 0 Å². The van der Waals surface area contributed by atoms with E-state index in [2.05, 4.69) is 5.32 Å². The standard InChI is InChI=1S/C11H16ClN3O/c1-11(2,6-13)15-10(16)7-3-4-9(14)8(12)5-7/h3-5H,6,13-14H2,1-2H3,(H,15,16). The molecule has 0 heterocycles. The van der Waals surface area contributed by atoms with Crippen LogP contribution in [0.4, 0.5) is 5.69 Å². The Hall–Kier alpha value is -1.26.